The Balaban J connectivity index is 1.78. The van der Waals surface area contributed by atoms with Gasteiger partial charge in [0, 0.05) is 19.5 Å². The number of hydrogen-bond donors (Lipinski definition) is 2. The Labute approximate surface area is 165 Å². The number of benzene rings is 2. The Hall–Kier alpha value is -1.74. The van der Waals surface area contributed by atoms with Crippen LogP contribution in [0.5, 0.6) is 0 Å². The fraction of sp³-hybridized carbons (Fsp3) is 0.235. The fourth-order valence-electron chi connectivity index (χ4n) is 2.19. The van der Waals surface area contributed by atoms with Crippen LogP contribution >= 0.6 is 23.2 Å². The third kappa shape index (κ3) is 6.14. The van der Waals surface area contributed by atoms with Gasteiger partial charge in [0.05, 0.1) is 14.9 Å². The van der Waals surface area contributed by atoms with Gasteiger partial charge in [-0.15, -0.1) is 0 Å². The largest absolute Gasteiger partial charge is 0.356 e. The van der Waals surface area contributed by atoms with E-state index in [-0.39, 0.29) is 18.9 Å². The molecular weight excluding hydrogens is 421 g/mol. The molecule has 2 N–H and O–H groups in total. The highest BCUT2D eigenvalue weighted by molar-refractivity contribution is 7.89. The molecule has 0 aromatic heterocycles. The van der Waals surface area contributed by atoms with Crippen LogP contribution in [-0.2, 0) is 21.2 Å². The minimum atomic E-state index is -4.04. The molecule has 0 spiro atoms. The highest BCUT2D eigenvalue weighted by Gasteiger charge is 2.16. The minimum absolute atomic E-state index is 0.119. The fourth-order valence-corrected chi connectivity index (χ4v) is 3.65. The van der Waals surface area contributed by atoms with Gasteiger partial charge in [0.2, 0.25) is 15.9 Å². The van der Waals surface area contributed by atoms with E-state index in [9.17, 15) is 22.0 Å². The summed E-state index contributed by atoms with van der Waals surface area (Å²) >= 11 is 12.0. The van der Waals surface area contributed by atoms with Gasteiger partial charge in [0.1, 0.15) is 0 Å². The Morgan fingerprint density at radius 1 is 1.04 bits per heavy atom. The molecule has 0 bridgehead atoms. The first-order valence-corrected chi connectivity index (χ1v) is 10.1. The van der Waals surface area contributed by atoms with Crippen molar-refractivity contribution >= 4 is 39.1 Å². The Bertz CT molecular complexity index is 940. The highest BCUT2D eigenvalue weighted by atomic mass is 35.5. The molecular formula is C17H16Cl2F2N2O3S. The van der Waals surface area contributed by atoms with E-state index in [1.54, 1.807) is 18.2 Å². The normalized spacial score (nSPS) is 11.4. The summed E-state index contributed by atoms with van der Waals surface area (Å²) in [5.74, 6) is -2.79. The summed E-state index contributed by atoms with van der Waals surface area (Å²) in [7, 11) is -4.04. The summed E-state index contributed by atoms with van der Waals surface area (Å²) in [6.45, 7) is 0.111. The predicted molar refractivity (Wildman–Crippen MR) is 99.3 cm³/mol. The van der Waals surface area contributed by atoms with Crippen molar-refractivity contribution in [1.82, 2.24) is 10.0 Å². The van der Waals surface area contributed by atoms with Crippen molar-refractivity contribution in [2.45, 2.75) is 17.7 Å². The van der Waals surface area contributed by atoms with Crippen LogP contribution in [0.15, 0.2) is 41.3 Å². The zero-order valence-electron chi connectivity index (χ0n) is 13.9. The molecule has 0 unspecified atom stereocenters. The number of carbonyl (C=O) groups excluding carboxylic acids is 1. The molecule has 2 aromatic carbocycles. The smallest absolute Gasteiger partial charge is 0.240 e. The van der Waals surface area contributed by atoms with Gasteiger partial charge >= 0.3 is 0 Å². The first-order chi connectivity index (χ1) is 12.7. The Morgan fingerprint density at radius 2 is 1.78 bits per heavy atom. The maximum atomic E-state index is 13.1. The first-order valence-electron chi connectivity index (χ1n) is 7.85. The summed E-state index contributed by atoms with van der Waals surface area (Å²) in [5, 5.41) is 3.48. The van der Waals surface area contributed by atoms with Crippen molar-refractivity contribution in [3.05, 3.63) is 63.6 Å². The van der Waals surface area contributed by atoms with Gasteiger partial charge in [-0.25, -0.2) is 21.9 Å². The predicted octanol–water partition coefficient (Wildman–Crippen LogP) is 3.30. The van der Waals surface area contributed by atoms with E-state index in [4.69, 9.17) is 23.2 Å². The van der Waals surface area contributed by atoms with E-state index in [2.05, 4.69) is 10.0 Å². The molecule has 0 heterocycles. The average molecular weight is 437 g/mol. The van der Waals surface area contributed by atoms with Crippen LogP contribution in [0.2, 0.25) is 10.0 Å². The maximum Gasteiger partial charge on any atom is 0.240 e. The van der Waals surface area contributed by atoms with Gasteiger partial charge < -0.3 is 5.32 Å². The van der Waals surface area contributed by atoms with Gasteiger partial charge in [0.15, 0.2) is 11.6 Å². The summed E-state index contributed by atoms with van der Waals surface area (Å²) in [4.78, 5) is 11.4. The molecule has 1 amide bonds. The highest BCUT2D eigenvalue weighted by Crippen LogP contribution is 2.25. The van der Waals surface area contributed by atoms with Crippen LogP contribution in [0.4, 0.5) is 8.78 Å². The van der Waals surface area contributed by atoms with E-state index in [0.29, 0.717) is 29.1 Å². The summed E-state index contributed by atoms with van der Waals surface area (Å²) in [5.41, 5.74) is 0.781. The molecule has 0 saturated carbocycles. The molecule has 0 atom stereocenters. The van der Waals surface area contributed by atoms with Crippen LogP contribution in [0.1, 0.15) is 12.0 Å². The van der Waals surface area contributed by atoms with Crippen LogP contribution in [0.3, 0.4) is 0 Å². The molecule has 0 aliphatic heterocycles. The van der Waals surface area contributed by atoms with Crippen LogP contribution in [0.25, 0.3) is 0 Å². The SMILES string of the molecule is O=C(CCNS(=O)(=O)c1ccc(F)c(F)c1)NCCc1cccc(Cl)c1Cl. The van der Waals surface area contributed by atoms with E-state index < -0.39 is 26.6 Å². The molecule has 27 heavy (non-hydrogen) atoms. The van der Waals surface area contributed by atoms with E-state index >= 15 is 0 Å². The average Bonchev–Trinajstić information content (AvgIpc) is 2.60. The number of halogens is 4. The lowest BCUT2D eigenvalue weighted by atomic mass is 10.1. The molecule has 0 aliphatic carbocycles. The zero-order valence-corrected chi connectivity index (χ0v) is 16.3. The number of amides is 1. The van der Waals surface area contributed by atoms with Crippen molar-refractivity contribution in [2.24, 2.45) is 0 Å². The minimum Gasteiger partial charge on any atom is -0.356 e. The van der Waals surface area contributed by atoms with E-state index in [1.807, 2.05) is 0 Å². The molecule has 10 heteroatoms. The summed E-state index contributed by atoms with van der Waals surface area (Å²) < 4.78 is 52.2. The second-order valence-electron chi connectivity index (χ2n) is 5.54. The zero-order chi connectivity index (χ0) is 20.0. The molecule has 0 aliphatic rings. The summed E-state index contributed by atoms with van der Waals surface area (Å²) in [6, 6.07) is 7.43. The summed E-state index contributed by atoms with van der Waals surface area (Å²) in [6.07, 6.45) is 0.345. The number of hydrogen-bond acceptors (Lipinski definition) is 3. The molecule has 2 rings (SSSR count). The van der Waals surface area contributed by atoms with Crippen molar-refractivity contribution in [1.29, 1.82) is 0 Å². The van der Waals surface area contributed by atoms with Gasteiger partial charge in [0.25, 0.3) is 0 Å². The number of sulfonamides is 1. The van der Waals surface area contributed by atoms with Crippen LogP contribution in [-0.4, -0.2) is 27.4 Å². The topological polar surface area (TPSA) is 75.3 Å². The maximum absolute atomic E-state index is 13.1. The molecule has 0 saturated heterocycles. The van der Waals surface area contributed by atoms with Crippen LogP contribution < -0.4 is 10.0 Å². The number of carbonyl (C=O) groups is 1. The molecule has 146 valence electrons. The van der Waals surface area contributed by atoms with Gasteiger partial charge in [-0.05, 0) is 36.2 Å². The molecule has 5 nitrogen and oxygen atoms in total. The standard InChI is InChI=1S/C17H16Cl2F2N2O3S/c18-13-3-1-2-11(17(13)19)6-8-22-16(24)7-9-23-27(25,26)12-4-5-14(20)15(21)10-12/h1-5,10,23H,6-9H2,(H,22,24). The number of nitrogens with one attached hydrogen (secondary N) is 2. The van der Waals surface area contributed by atoms with Gasteiger partial charge in [-0.1, -0.05) is 35.3 Å². The molecule has 0 fully saturated rings. The lowest BCUT2D eigenvalue weighted by Crippen LogP contribution is -2.31. The van der Waals surface area contributed by atoms with Gasteiger partial charge in [-0.3, -0.25) is 4.79 Å². The van der Waals surface area contributed by atoms with Crippen molar-refractivity contribution in [2.75, 3.05) is 13.1 Å². The molecule has 0 radical (unpaired) electrons. The van der Waals surface area contributed by atoms with E-state index in [1.165, 1.54) is 0 Å². The van der Waals surface area contributed by atoms with Crippen molar-refractivity contribution in [3.63, 3.8) is 0 Å². The van der Waals surface area contributed by atoms with Gasteiger partial charge in [-0.2, -0.15) is 0 Å². The van der Waals surface area contributed by atoms with Crippen molar-refractivity contribution < 1.29 is 22.0 Å². The molecule has 2 aromatic rings. The second kappa shape index (κ2) is 9.45. The Kier molecular flexibility index (Phi) is 7.55. The third-order valence-corrected chi connectivity index (χ3v) is 5.91. The Morgan fingerprint density at radius 3 is 2.48 bits per heavy atom. The quantitative estimate of drug-likeness (QED) is 0.666. The second-order valence-corrected chi connectivity index (χ2v) is 8.09. The van der Waals surface area contributed by atoms with Crippen molar-refractivity contribution in [3.8, 4) is 0 Å². The monoisotopic (exact) mass is 436 g/mol. The number of rotatable bonds is 8. The first kappa shape index (κ1) is 21.6. The van der Waals surface area contributed by atoms with E-state index in [0.717, 1.165) is 17.7 Å². The lowest BCUT2D eigenvalue weighted by molar-refractivity contribution is -0.120. The van der Waals surface area contributed by atoms with Crippen LogP contribution in [0, 0.1) is 11.6 Å². The third-order valence-electron chi connectivity index (χ3n) is 3.59. The lowest BCUT2D eigenvalue weighted by Gasteiger charge is -2.09.